The SMILES string of the molecule is Cn1nc(-c2ccc(F)cc2)c2c3c(cnc21)C(=O)N(c1ccccc1)C3=O. The number of pyridine rings is 1. The van der Waals surface area contributed by atoms with E-state index in [0.29, 0.717) is 28.0 Å². The van der Waals surface area contributed by atoms with Crippen LogP contribution >= 0.6 is 0 Å². The maximum absolute atomic E-state index is 13.3. The first-order chi connectivity index (χ1) is 13.6. The van der Waals surface area contributed by atoms with E-state index in [1.54, 1.807) is 48.1 Å². The zero-order chi connectivity index (χ0) is 19.4. The molecule has 0 radical (unpaired) electrons. The van der Waals surface area contributed by atoms with Gasteiger partial charge in [0.25, 0.3) is 11.8 Å². The zero-order valence-corrected chi connectivity index (χ0v) is 14.8. The monoisotopic (exact) mass is 372 g/mol. The lowest BCUT2D eigenvalue weighted by atomic mass is 10.0. The quantitative estimate of drug-likeness (QED) is 0.505. The minimum atomic E-state index is -0.422. The van der Waals surface area contributed by atoms with E-state index in [1.807, 2.05) is 6.07 Å². The Morgan fingerprint density at radius 1 is 0.929 bits per heavy atom. The predicted octanol–water partition coefficient (Wildman–Crippen LogP) is 3.58. The number of halogens is 1. The van der Waals surface area contributed by atoms with Crippen molar-refractivity contribution in [2.45, 2.75) is 0 Å². The molecule has 0 fully saturated rings. The van der Waals surface area contributed by atoms with Crippen molar-refractivity contribution in [2.75, 3.05) is 4.90 Å². The van der Waals surface area contributed by atoms with Crippen LogP contribution in [0.4, 0.5) is 10.1 Å². The fraction of sp³-hybridized carbons (Fsp3) is 0.0476. The fourth-order valence-electron chi connectivity index (χ4n) is 3.55. The Kier molecular flexibility index (Phi) is 3.39. The Bertz CT molecular complexity index is 1260. The van der Waals surface area contributed by atoms with Crippen LogP contribution in [0.1, 0.15) is 20.7 Å². The summed E-state index contributed by atoms with van der Waals surface area (Å²) in [5.74, 6) is -1.21. The third kappa shape index (κ3) is 2.19. The second-order valence-corrected chi connectivity index (χ2v) is 6.51. The van der Waals surface area contributed by atoms with Crippen molar-refractivity contribution in [3.63, 3.8) is 0 Å². The van der Waals surface area contributed by atoms with Crippen LogP contribution in [-0.4, -0.2) is 26.6 Å². The van der Waals surface area contributed by atoms with Gasteiger partial charge in [-0.2, -0.15) is 5.10 Å². The summed E-state index contributed by atoms with van der Waals surface area (Å²) in [4.78, 5) is 31.7. The summed E-state index contributed by atoms with van der Waals surface area (Å²) in [7, 11) is 1.71. The maximum Gasteiger partial charge on any atom is 0.267 e. The minimum Gasteiger partial charge on any atom is -0.268 e. The number of benzene rings is 2. The van der Waals surface area contributed by atoms with Gasteiger partial charge in [0.2, 0.25) is 0 Å². The number of hydrogen-bond donors (Lipinski definition) is 0. The lowest BCUT2D eigenvalue weighted by molar-refractivity contribution is 0.0926. The normalized spacial score (nSPS) is 13.4. The Balaban J connectivity index is 1.78. The summed E-state index contributed by atoms with van der Waals surface area (Å²) in [5.41, 5.74) is 2.60. The number of aromatic nitrogens is 3. The molecule has 0 saturated carbocycles. The number of imide groups is 1. The Hall–Kier alpha value is -3.87. The third-order valence-electron chi connectivity index (χ3n) is 4.83. The van der Waals surface area contributed by atoms with Crippen LogP contribution < -0.4 is 4.90 Å². The van der Waals surface area contributed by atoms with E-state index in [-0.39, 0.29) is 16.9 Å². The molecule has 2 amide bonds. The summed E-state index contributed by atoms with van der Waals surface area (Å²) in [5, 5.41) is 4.96. The molecule has 0 atom stereocenters. The molecule has 4 aromatic rings. The molecule has 6 nitrogen and oxygen atoms in total. The van der Waals surface area contributed by atoms with Gasteiger partial charge in [0.1, 0.15) is 11.5 Å². The first kappa shape index (κ1) is 16.3. The number of rotatable bonds is 2. The molecule has 1 aliphatic heterocycles. The van der Waals surface area contributed by atoms with E-state index in [4.69, 9.17) is 0 Å². The Morgan fingerprint density at radius 3 is 2.36 bits per heavy atom. The topological polar surface area (TPSA) is 68.1 Å². The number of carbonyl (C=O) groups is 2. The fourth-order valence-corrected chi connectivity index (χ4v) is 3.55. The molecule has 0 aliphatic carbocycles. The van der Waals surface area contributed by atoms with E-state index in [0.717, 1.165) is 4.90 Å². The minimum absolute atomic E-state index is 0.234. The molecule has 0 spiro atoms. The van der Waals surface area contributed by atoms with Gasteiger partial charge in [-0.1, -0.05) is 18.2 Å². The number of hydrogen-bond acceptors (Lipinski definition) is 4. The van der Waals surface area contributed by atoms with Crippen molar-refractivity contribution in [3.05, 3.63) is 77.7 Å². The van der Waals surface area contributed by atoms with Crippen LogP contribution in [0.15, 0.2) is 60.8 Å². The Morgan fingerprint density at radius 2 is 1.64 bits per heavy atom. The van der Waals surface area contributed by atoms with Gasteiger partial charge in [0.05, 0.1) is 22.2 Å². The van der Waals surface area contributed by atoms with E-state index in [9.17, 15) is 14.0 Å². The van der Waals surface area contributed by atoms with Gasteiger partial charge < -0.3 is 0 Å². The molecule has 0 unspecified atom stereocenters. The van der Waals surface area contributed by atoms with Crippen LogP contribution in [0.25, 0.3) is 22.3 Å². The third-order valence-corrected chi connectivity index (χ3v) is 4.83. The molecule has 5 rings (SSSR count). The second kappa shape index (κ2) is 5.82. The van der Waals surface area contributed by atoms with Gasteiger partial charge in [-0.05, 0) is 36.4 Å². The first-order valence-corrected chi connectivity index (χ1v) is 8.62. The van der Waals surface area contributed by atoms with Crippen molar-refractivity contribution in [1.29, 1.82) is 0 Å². The molecule has 3 heterocycles. The first-order valence-electron chi connectivity index (χ1n) is 8.62. The highest BCUT2D eigenvalue weighted by atomic mass is 19.1. The molecule has 0 saturated heterocycles. The predicted molar refractivity (Wildman–Crippen MR) is 101 cm³/mol. The van der Waals surface area contributed by atoms with Crippen molar-refractivity contribution < 1.29 is 14.0 Å². The highest BCUT2D eigenvalue weighted by Gasteiger charge is 2.40. The van der Waals surface area contributed by atoms with Crippen LogP contribution in [0.3, 0.4) is 0 Å². The molecular formula is C21H13FN4O2. The molecule has 136 valence electrons. The van der Waals surface area contributed by atoms with Crippen molar-refractivity contribution >= 4 is 28.5 Å². The van der Waals surface area contributed by atoms with E-state index in [1.165, 1.54) is 18.3 Å². The molecule has 0 N–H and O–H groups in total. The number of para-hydroxylation sites is 1. The van der Waals surface area contributed by atoms with E-state index >= 15 is 0 Å². The van der Waals surface area contributed by atoms with Crippen LogP contribution in [0.2, 0.25) is 0 Å². The number of nitrogens with zero attached hydrogens (tertiary/aromatic N) is 4. The van der Waals surface area contributed by atoms with Crippen LogP contribution in [0, 0.1) is 5.82 Å². The van der Waals surface area contributed by atoms with Crippen molar-refractivity contribution in [2.24, 2.45) is 7.05 Å². The number of fused-ring (bicyclic) bond motifs is 3. The van der Waals surface area contributed by atoms with Crippen LogP contribution in [0.5, 0.6) is 0 Å². The number of anilines is 1. The van der Waals surface area contributed by atoms with Gasteiger partial charge in [-0.3, -0.25) is 9.59 Å². The average Bonchev–Trinajstić information content (AvgIpc) is 3.17. The zero-order valence-electron chi connectivity index (χ0n) is 14.8. The Labute approximate surface area is 158 Å². The smallest absolute Gasteiger partial charge is 0.267 e. The summed E-state index contributed by atoms with van der Waals surface area (Å²) in [6.07, 6.45) is 1.41. The molecule has 2 aromatic heterocycles. The average molecular weight is 372 g/mol. The summed E-state index contributed by atoms with van der Waals surface area (Å²) in [6, 6.07) is 14.6. The lowest BCUT2D eigenvalue weighted by Crippen LogP contribution is -2.29. The van der Waals surface area contributed by atoms with Crippen LogP contribution in [-0.2, 0) is 7.05 Å². The summed E-state index contributed by atoms with van der Waals surface area (Å²) < 4.78 is 14.9. The molecule has 28 heavy (non-hydrogen) atoms. The number of amides is 2. The van der Waals surface area contributed by atoms with E-state index < -0.39 is 11.8 Å². The molecular weight excluding hydrogens is 359 g/mol. The van der Waals surface area contributed by atoms with Crippen molar-refractivity contribution in [3.8, 4) is 11.3 Å². The van der Waals surface area contributed by atoms with Gasteiger partial charge in [0.15, 0.2) is 5.65 Å². The number of carbonyl (C=O) groups excluding carboxylic acids is 2. The highest BCUT2D eigenvalue weighted by molar-refractivity contribution is 6.38. The standard InChI is InChI=1S/C21H13FN4O2/c1-25-19-17(18(24-25)12-7-9-13(22)10-8-12)16-15(11-23-19)20(27)26(21(16)28)14-5-3-2-4-6-14/h2-11H,1H3. The van der Waals surface area contributed by atoms with Gasteiger partial charge in [-0.15, -0.1) is 0 Å². The molecule has 7 heteroatoms. The van der Waals surface area contributed by atoms with Gasteiger partial charge in [0, 0.05) is 18.8 Å². The highest BCUT2D eigenvalue weighted by Crippen LogP contribution is 2.36. The second-order valence-electron chi connectivity index (χ2n) is 6.51. The lowest BCUT2D eigenvalue weighted by Gasteiger charge is -2.13. The van der Waals surface area contributed by atoms with Gasteiger partial charge >= 0.3 is 0 Å². The van der Waals surface area contributed by atoms with Crippen molar-refractivity contribution in [1.82, 2.24) is 14.8 Å². The maximum atomic E-state index is 13.3. The number of aryl methyl sites for hydroxylation is 1. The van der Waals surface area contributed by atoms with E-state index in [2.05, 4.69) is 10.1 Å². The largest absolute Gasteiger partial charge is 0.268 e. The molecule has 0 bridgehead atoms. The summed E-state index contributed by atoms with van der Waals surface area (Å²) in [6.45, 7) is 0. The van der Waals surface area contributed by atoms with Gasteiger partial charge in [-0.25, -0.2) is 19.0 Å². The summed E-state index contributed by atoms with van der Waals surface area (Å²) >= 11 is 0. The molecule has 2 aromatic carbocycles. The molecule has 1 aliphatic rings.